The standard InChI is InChI=1S/C12H13N3/c1-2-6-10-11(13)15-12(14-10)9-7-4-3-5-8-9/h2-5,7-8H,1,6,13H2,(H,14,15). The lowest BCUT2D eigenvalue weighted by molar-refractivity contribution is 1.16. The molecule has 1 heterocycles. The van der Waals surface area contributed by atoms with E-state index in [2.05, 4.69) is 16.5 Å². The molecule has 2 rings (SSSR count). The Hall–Kier alpha value is -2.03. The molecule has 0 saturated carbocycles. The summed E-state index contributed by atoms with van der Waals surface area (Å²) in [4.78, 5) is 7.47. The van der Waals surface area contributed by atoms with Crippen LogP contribution in [0.2, 0.25) is 0 Å². The SMILES string of the molecule is C=CCc1[nH]c(-c2ccccc2)nc1N. The second kappa shape index (κ2) is 4.00. The molecular weight excluding hydrogens is 186 g/mol. The topological polar surface area (TPSA) is 54.7 Å². The van der Waals surface area contributed by atoms with Crippen molar-refractivity contribution in [3.05, 3.63) is 48.7 Å². The molecule has 0 atom stereocenters. The van der Waals surface area contributed by atoms with Crippen LogP contribution >= 0.6 is 0 Å². The molecule has 0 radical (unpaired) electrons. The van der Waals surface area contributed by atoms with Crippen LogP contribution in [-0.4, -0.2) is 9.97 Å². The van der Waals surface area contributed by atoms with Crippen LogP contribution in [0.5, 0.6) is 0 Å². The number of imidazole rings is 1. The Morgan fingerprint density at radius 1 is 1.33 bits per heavy atom. The molecule has 0 aliphatic heterocycles. The van der Waals surface area contributed by atoms with Crippen molar-refractivity contribution >= 4 is 5.82 Å². The van der Waals surface area contributed by atoms with Gasteiger partial charge in [-0.1, -0.05) is 36.4 Å². The summed E-state index contributed by atoms with van der Waals surface area (Å²) in [6.45, 7) is 3.68. The van der Waals surface area contributed by atoms with Crippen LogP contribution in [0.25, 0.3) is 11.4 Å². The van der Waals surface area contributed by atoms with Gasteiger partial charge in [-0.25, -0.2) is 4.98 Å². The van der Waals surface area contributed by atoms with Crippen molar-refractivity contribution in [1.29, 1.82) is 0 Å². The van der Waals surface area contributed by atoms with Gasteiger partial charge in [0.25, 0.3) is 0 Å². The average Bonchev–Trinajstić information content (AvgIpc) is 2.63. The van der Waals surface area contributed by atoms with E-state index in [-0.39, 0.29) is 0 Å². The maximum absolute atomic E-state index is 5.77. The van der Waals surface area contributed by atoms with E-state index < -0.39 is 0 Å². The summed E-state index contributed by atoms with van der Waals surface area (Å²) in [5.74, 6) is 1.36. The third-order valence-electron chi connectivity index (χ3n) is 2.21. The Labute approximate surface area is 88.7 Å². The second-order valence-electron chi connectivity index (χ2n) is 3.31. The third kappa shape index (κ3) is 1.91. The van der Waals surface area contributed by atoms with Crippen LogP contribution in [0.15, 0.2) is 43.0 Å². The Morgan fingerprint density at radius 2 is 2.07 bits per heavy atom. The summed E-state index contributed by atoms with van der Waals surface area (Å²) >= 11 is 0. The molecule has 0 fully saturated rings. The Balaban J connectivity index is 2.38. The second-order valence-corrected chi connectivity index (χ2v) is 3.31. The zero-order chi connectivity index (χ0) is 10.7. The van der Waals surface area contributed by atoms with Crippen LogP contribution in [0, 0.1) is 0 Å². The van der Waals surface area contributed by atoms with Gasteiger partial charge in [0.2, 0.25) is 0 Å². The van der Waals surface area contributed by atoms with Gasteiger partial charge in [0.15, 0.2) is 0 Å². The summed E-state index contributed by atoms with van der Waals surface area (Å²) in [7, 11) is 0. The largest absolute Gasteiger partial charge is 0.382 e. The highest BCUT2D eigenvalue weighted by molar-refractivity contribution is 5.58. The zero-order valence-electron chi connectivity index (χ0n) is 8.40. The van der Waals surface area contributed by atoms with E-state index in [0.717, 1.165) is 17.1 Å². The van der Waals surface area contributed by atoms with Gasteiger partial charge in [-0.05, 0) is 0 Å². The van der Waals surface area contributed by atoms with E-state index in [1.54, 1.807) is 6.08 Å². The van der Waals surface area contributed by atoms with Gasteiger partial charge in [0.05, 0.1) is 5.69 Å². The van der Waals surface area contributed by atoms with Gasteiger partial charge in [-0.15, -0.1) is 6.58 Å². The summed E-state index contributed by atoms with van der Waals surface area (Å²) in [5.41, 5.74) is 7.74. The van der Waals surface area contributed by atoms with Crippen LogP contribution in [0.4, 0.5) is 5.82 Å². The maximum atomic E-state index is 5.77. The number of hydrogen-bond donors (Lipinski definition) is 2. The summed E-state index contributed by atoms with van der Waals surface area (Å²) in [6.07, 6.45) is 2.52. The molecule has 3 nitrogen and oxygen atoms in total. The number of nitrogens with two attached hydrogens (primary N) is 1. The summed E-state index contributed by atoms with van der Waals surface area (Å²) < 4.78 is 0. The molecule has 2 aromatic rings. The number of allylic oxidation sites excluding steroid dienone is 1. The van der Waals surface area contributed by atoms with Crippen molar-refractivity contribution in [2.24, 2.45) is 0 Å². The molecule has 0 bridgehead atoms. The number of aromatic nitrogens is 2. The molecule has 0 saturated heterocycles. The Bertz CT molecular complexity index is 457. The van der Waals surface area contributed by atoms with Crippen molar-refractivity contribution in [3.8, 4) is 11.4 Å². The van der Waals surface area contributed by atoms with Crippen LogP contribution in [0.3, 0.4) is 0 Å². The van der Waals surface area contributed by atoms with Crippen LogP contribution in [0.1, 0.15) is 5.69 Å². The van der Waals surface area contributed by atoms with E-state index in [1.165, 1.54) is 0 Å². The minimum atomic E-state index is 0.550. The minimum absolute atomic E-state index is 0.550. The monoisotopic (exact) mass is 199 g/mol. The van der Waals surface area contributed by atoms with Crippen molar-refractivity contribution in [2.75, 3.05) is 5.73 Å². The Morgan fingerprint density at radius 3 is 2.73 bits per heavy atom. The smallest absolute Gasteiger partial charge is 0.145 e. The van der Waals surface area contributed by atoms with Crippen LogP contribution in [-0.2, 0) is 6.42 Å². The number of rotatable bonds is 3. The molecule has 0 amide bonds. The number of aromatic amines is 1. The predicted molar refractivity (Wildman–Crippen MR) is 62.3 cm³/mol. The first-order valence-electron chi connectivity index (χ1n) is 4.82. The number of nitrogen functional groups attached to an aromatic ring is 1. The predicted octanol–water partition coefficient (Wildman–Crippen LogP) is 2.39. The van der Waals surface area contributed by atoms with E-state index in [9.17, 15) is 0 Å². The van der Waals surface area contributed by atoms with E-state index in [0.29, 0.717) is 12.2 Å². The number of anilines is 1. The van der Waals surface area contributed by atoms with E-state index >= 15 is 0 Å². The molecule has 76 valence electrons. The van der Waals surface area contributed by atoms with Gasteiger partial charge in [0, 0.05) is 12.0 Å². The van der Waals surface area contributed by atoms with Gasteiger partial charge < -0.3 is 10.7 Å². The third-order valence-corrected chi connectivity index (χ3v) is 2.21. The molecular formula is C12H13N3. The minimum Gasteiger partial charge on any atom is -0.382 e. The lowest BCUT2D eigenvalue weighted by Crippen LogP contribution is -1.90. The van der Waals surface area contributed by atoms with Crippen LogP contribution < -0.4 is 5.73 Å². The molecule has 1 aromatic carbocycles. The molecule has 15 heavy (non-hydrogen) atoms. The van der Waals surface area contributed by atoms with Crippen molar-refractivity contribution in [1.82, 2.24) is 9.97 Å². The van der Waals surface area contributed by atoms with Crippen molar-refractivity contribution < 1.29 is 0 Å². The van der Waals surface area contributed by atoms with E-state index in [4.69, 9.17) is 5.73 Å². The highest BCUT2D eigenvalue weighted by Crippen LogP contribution is 2.19. The van der Waals surface area contributed by atoms with Gasteiger partial charge >= 0.3 is 0 Å². The number of hydrogen-bond acceptors (Lipinski definition) is 2. The Kier molecular flexibility index (Phi) is 2.54. The van der Waals surface area contributed by atoms with Crippen molar-refractivity contribution in [3.63, 3.8) is 0 Å². The number of nitrogens with zero attached hydrogens (tertiary/aromatic N) is 1. The number of H-pyrrole nitrogens is 1. The highest BCUT2D eigenvalue weighted by atomic mass is 15.0. The summed E-state index contributed by atoms with van der Waals surface area (Å²) in [5, 5.41) is 0. The lowest BCUT2D eigenvalue weighted by atomic mass is 10.2. The fraction of sp³-hybridized carbons (Fsp3) is 0.0833. The molecule has 3 N–H and O–H groups in total. The molecule has 0 aliphatic carbocycles. The molecule has 3 heteroatoms. The first kappa shape index (κ1) is 9.52. The maximum Gasteiger partial charge on any atom is 0.145 e. The molecule has 0 spiro atoms. The fourth-order valence-electron chi connectivity index (χ4n) is 1.46. The first-order chi connectivity index (χ1) is 7.31. The van der Waals surface area contributed by atoms with E-state index in [1.807, 2.05) is 30.3 Å². The number of benzene rings is 1. The highest BCUT2D eigenvalue weighted by Gasteiger charge is 2.06. The first-order valence-corrected chi connectivity index (χ1v) is 4.82. The summed E-state index contributed by atoms with van der Waals surface area (Å²) in [6, 6.07) is 9.91. The average molecular weight is 199 g/mol. The zero-order valence-corrected chi connectivity index (χ0v) is 8.40. The quantitative estimate of drug-likeness (QED) is 0.746. The van der Waals surface area contributed by atoms with Crippen molar-refractivity contribution in [2.45, 2.75) is 6.42 Å². The normalized spacial score (nSPS) is 10.1. The molecule has 0 aliphatic rings. The lowest BCUT2D eigenvalue weighted by Gasteiger charge is -1.94. The molecule has 1 aromatic heterocycles. The van der Waals surface area contributed by atoms with Gasteiger partial charge in [-0.2, -0.15) is 0 Å². The number of nitrogens with one attached hydrogen (secondary N) is 1. The molecule has 0 unspecified atom stereocenters. The van der Waals surface area contributed by atoms with Gasteiger partial charge in [-0.3, -0.25) is 0 Å². The fourth-order valence-corrected chi connectivity index (χ4v) is 1.46. The van der Waals surface area contributed by atoms with Gasteiger partial charge in [0.1, 0.15) is 11.6 Å².